The van der Waals surface area contributed by atoms with E-state index in [0.29, 0.717) is 18.0 Å². The fourth-order valence-corrected chi connectivity index (χ4v) is 3.26. The van der Waals surface area contributed by atoms with Gasteiger partial charge in [0.25, 0.3) is 5.56 Å². The molecule has 0 bridgehead atoms. The number of halogens is 3. The Morgan fingerprint density at radius 2 is 1.82 bits per heavy atom. The number of anilines is 1. The van der Waals surface area contributed by atoms with Gasteiger partial charge < -0.3 is 15.0 Å². The van der Waals surface area contributed by atoms with E-state index < -0.39 is 17.3 Å². The Balaban J connectivity index is 1.77. The molecule has 2 aromatic carbocycles. The number of allylic oxidation sites excluding steroid dienone is 1. The number of benzene rings is 2. The van der Waals surface area contributed by atoms with Crippen LogP contribution in [-0.4, -0.2) is 28.3 Å². The number of hydrogen-bond donors (Lipinski definition) is 3. The summed E-state index contributed by atoms with van der Waals surface area (Å²) in [6.45, 7) is 7.94. The summed E-state index contributed by atoms with van der Waals surface area (Å²) in [6.07, 6.45) is -4.46. The van der Waals surface area contributed by atoms with E-state index in [1.54, 1.807) is 6.92 Å². The summed E-state index contributed by atoms with van der Waals surface area (Å²) in [6, 6.07) is 13.7. The van der Waals surface area contributed by atoms with Gasteiger partial charge in [-0.25, -0.2) is 4.98 Å². The Labute approximate surface area is 195 Å². The van der Waals surface area contributed by atoms with Gasteiger partial charge in [0, 0.05) is 11.6 Å². The highest BCUT2D eigenvalue weighted by Gasteiger charge is 2.30. The predicted octanol–water partition coefficient (Wildman–Crippen LogP) is 5.20. The summed E-state index contributed by atoms with van der Waals surface area (Å²) in [4.78, 5) is 19.6. The number of aromatic nitrogens is 2. The van der Waals surface area contributed by atoms with Gasteiger partial charge in [0.2, 0.25) is 0 Å². The first-order valence-corrected chi connectivity index (χ1v) is 10.5. The molecule has 178 valence electrons. The van der Waals surface area contributed by atoms with E-state index in [2.05, 4.69) is 21.9 Å². The van der Waals surface area contributed by atoms with E-state index in [0.717, 1.165) is 17.7 Å². The zero-order valence-electron chi connectivity index (χ0n) is 18.8. The van der Waals surface area contributed by atoms with Crippen molar-refractivity contribution >= 4 is 17.0 Å². The van der Waals surface area contributed by atoms with Gasteiger partial charge in [0.05, 0.1) is 24.5 Å². The Bertz CT molecular complexity index is 1220. The lowest BCUT2D eigenvalue weighted by molar-refractivity contribution is -0.137. The third-order valence-corrected chi connectivity index (χ3v) is 5.01. The molecule has 1 unspecified atom stereocenters. The van der Waals surface area contributed by atoms with Crippen LogP contribution in [0.4, 0.5) is 18.9 Å². The Hall–Kier alpha value is -3.72. The number of aryl methyl sites for hydroxylation is 1. The summed E-state index contributed by atoms with van der Waals surface area (Å²) in [5.41, 5.74) is 0.161. The van der Waals surface area contributed by atoms with Crippen molar-refractivity contribution in [3.05, 3.63) is 99.7 Å². The monoisotopic (exact) mass is 470 g/mol. The van der Waals surface area contributed by atoms with Crippen LogP contribution in [0.15, 0.2) is 66.0 Å². The SMILES string of the molecule is C=C(C(=N)c1nc(C)[nH]c(=O)c1NC(C)COCc1ccccc1)c1ccc(C(F)(F)F)cc1. The second-order valence-corrected chi connectivity index (χ2v) is 7.85. The number of hydrogen-bond acceptors (Lipinski definition) is 5. The highest BCUT2D eigenvalue weighted by Crippen LogP contribution is 2.30. The summed E-state index contributed by atoms with van der Waals surface area (Å²) < 4.78 is 44.3. The van der Waals surface area contributed by atoms with Crippen molar-refractivity contribution in [1.82, 2.24) is 9.97 Å². The van der Waals surface area contributed by atoms with Crippen LogP contribution in [0.2, 0.25) is 0 Å². The average molecular weight is 470 g/mol. The van der Waals surface area contributed by atoms with Gasteiger partial charge in [-0.2, -0.15) is 13.2 Å². The lowest BCUT2D eigenvalue weighted by Gasteiger charge is -2.18. The van der Waals surface area contributed by atoms with Crippen LogP contribution >= 0.6 is 0 Å². The minimum absolute atomic E-state index is 0.0565. The van der Waals surface area contributed by atoms with Crippen molar-refractivity contribution in [2.75, 3.05) is 11.9 Å². The van der Waals surface area contributed by atoms with E-state index in [9.17, 15) is 18.0 Å². The van der Waals surface area contributed by atoms with Crippen LogP contribution in [0.5, 0.6) is 0 Å². The fourth-order valence-electron chi connectivity index (χ4n) is 3.26. The summed E-state index contributed by atoms with van der Waals surface area (Å²) in [5.74, 6) is 0.295. The van der Waals surface area contributed by atoms with Crippen molar-refractivity contribution in [2.45, 2.75) is 32.7 Å². The maximum Gasteiger partial charge on any atom is 0.416 e. The van der Waals surface area contributed by atoms with Crippen LogP contribution in [0, 0.1) is 12.3 Å². The molecule has 0 saturated heterocycles. The standard InChI is InChI=1S/C25H25F3N4O2/c1-15(13-34-14-18-7-5-4-6-8-18)30-23-22(31-17(3)32-24(23)33)21(29)16(2)19-9-11-20(12-10-19)25(26,27)28/h4-12,15,29-30H,2,13-14H2,1,3H3,(H,31,32,33). The lowest BCUT2D eigenvalue weighted by atomic mass is 9.98. The molecule has 0 amide bonds. The normalized spacial score (nSPS) is 12.3. The van der Waals surface area contributed by atoms with Crippen LogP contribution < -0.4 is 10.9 Å². The number of rotatable bonds is 9. The first-order chi connectivity index (χ1) is 16.1. The number of aromatic amines is 1. The van der Waals surface area contributed by atoms with Crippen molar-refractivity contribution < 1.29 is 17.9 Å². The van der Waals surface area contributed by atoms with E-state index >= 15 is 0 Å². The first-order valence-electron chi connectivity index (χ1n) is 10.5. The highest BCUT2D eigenvalue weighted by atomic mass is 19.4. The number of alkyl halides is 3. The highest BCUT2D eigenvalue weighted by molar-refractivity contribution is 6.30. The summed E-state index contributed by atoms with van der Waals surface area (Å²) >= 11 is 0. The fraction of sp³-hybridized carbons (Fsp3) is 0.240. The minimum atomic E-state index is -4.46. The summed E-state index contributed by atoms with van der Waals surface area (Å²) in [5, 5.41) is 11.6. The molecule has 0 saturated carbocycles. The number of ether oxygens (including phenoxy) is 1. The molecule has 3 aromatic rings. The molecule has 1 atom stereocenters. The Morgan fingerprint density at radius 3 is 2.44 bits per heavy atom. The van der Waals surface area contributed by atoms with Crippen LogP contribution in [0.3, 0.4) is 0 Å². The van der Waals surface area contributed by atoms with Crippen molar-refractivity contribution in [3.8, 4) is 0 Å². The largest absolute Gasteiger partial charge is 0.416 e. The van der Waals surface area contributed by atoms with Gasteiger partial charge in [0.1, 0.15) is 17.2 Å². The van der Waals surface area contributed by atoms with Gasteiger partial charge in [-0.15, -0.1) is 0 Å². The van der Waals surface area contributed by atoms with E-state index in [1.807, 2.05) is 37.3 Å². The second kappa shape index (κ2) is 10.5. The van der Waals surface area contributed by atoms with Gasteiger partial charge >= 0.3 is 6.18 Å². The molecule has 0 radical (unpaired) electrons. The molecule has 3 rings (SSSR count). The molecule has 9 heteroatoms. The van der Waals surface area contributed by atoms with E-state index in [-0.39, 0.29) is 35.3 Å². The molecule has 34 heavy (non-hydrogen) atoms. The Morgan fingerprint density at radius 1 is 1.18 bits per heavy atom. The van der Waals surface area contributed by atoms with Crippen LogP contribution in [0.1, 0.15) is 35.1 Å². The number of nitrogens with one attached hydrogen (secondary N) is 3. The van der Waals surface area contributed by atoms with Crippen molar-refractivity contribution in [3.63, 3.8) is 0 Å². The molecule has 3 N–H and O–H groups in total. The molecule has 0 aliphatic rings. The molecule has 1 heterocycles. The molecule has 0 aliphatic heterocycles. The molecule has 0 fully saturated rings. The number of H-pyrrole nitrogens is 1. The topological polar surface area (TPSA) is 90.9 Å². The lowest BCUT2D eigenvalue weighted by Crippen LogP contribution is -2.29. The quantitative estimate of drug-likeness (QED) is 0.375. The molecule has 0 spiro atoms. The average Bonchev–Trinajstić information content (AvgIpc) is 2.80. The van der Waals surface area contributed by atoms with Crippen molar-refractivity contribution in [1.29, 1.82) is 5.41 Å². The zero-order valence-corrected chi connectivity index (χ0v) is 18.8. The predicted molar refractivity (Wildman–Crippen MR) is 126 cm³/mol. The molecular formula is C25H25F3N4O2. The summed E-state index contributed by atoms with van der Waals surface area (Å²) in [7, 11) is 0. The van der Waals surface area contributed by atoms with Gasteiger partial charge in [-0.05, 0) is 37.1 Å². The zero-order chi connectivity index (χ0) is 24.9. The van der Waals surface area contributed by atoms with Gasteiger partial charge in [-0.3, -0.25) is 10.2 Å². The van der Waals surface area contributed by atoms with Crippen LogP contribution in [0.25, 0.3) is 5.57 Å². The molecular weight excluding hydrogens is 445 g/mol. The molecule has 6 nitrogen and oxygen atoms in total. The maximum atomic E-state index is 12.9. The first kappa shape index (κ1) is 24.9. The Kier molecular flexibility index (Phi) is 7.68. The van der Waals surface area contributed by atoms with E-state index in [1.165, 1.54) is 12.1 Å². The van der Waals surface area contributed by atoms with Crippen molar-refractivity contribution in [2.24, 2.45) is 0 Å². The van der Waals surface area contributed by atoms with Crippen LogP contribution in [-0.2, 0) is 17.5 Å². The third kappa shape index (κ3) is 6.20. The minimum Gasteiger partial charge on any atom is -0.375 e. The van der Waals surface area contributed by atoms with Gasteiger partial charge in [0.15, 0.2) is 0 Å². The molecule has 1 aromatic heterocycles. The smallest absolute Gasteiger partial charge is 0.375 e. The van der Waals surface area contributed by atoms with Gasteiger partial charge in [-0.1, -0.05) is 49.0 Å². The second-order valence-electron chi connectivity index (χ2n) is 7.85. The maximum absolute atomic E-state index is 12.9. The van der Waals surface area contributed by atoms with E-state index in [4.69, 9.17) is 10.1 Å². The number of nitrogens with zero attached hydrogens (tertiary/aromatic N) is 1. The third-order valence-electron chi connectivity index (χ3n) is 5.01. The molecule has 0 aliphatic carbocycles.